The van der Waals surface area contributed by atoms with Gasteiger partial charge in [0.05, 0.1) is 0 Å². The number of likely N-dealkylation sites (tertiary alicyclic amines) is 1. The second-order valence-electron chi connectivity index (χ2n) is 7.39. The van der Waals surface area contributed by atoms with Crippen LogP contribution in [0, 0.1) is 5.92 Å². The number of nitrogens with zero attached hydrogens (tertiary/aromatic N) is 1. The molecule has 0 radical (unpaired) electrons. The highest BCUT2D eigenvalue weighted by molar-refractivity contribution is 5.92. The van der Waals surface area contributed by atoms with E-state index in [9.17, 15) is 9.59 Å². The predicted octanol–water partition coefficient (Wildman–Crippen LogP) is 2.49. The van der Waals surface area contributed by atoms with Gasteiger partial charge in [-0.2, -0.15) is 0 Å². The molecule has 6 heteroatoms. The van der Waals surface area contributed by atoms with E-state index in [0.29, 0.717) is 30.6 Å². The Bertz CT molecular complexity index is 595. The molecule has 4 N–H and O–H groups in total. The van der Waals surface area contributed by atoms with Gasteiger partial charge in [0, 0.05) is 24.7 Å². The topological polar surface area (TPSA) is 87.5 Å². The summed E-state index contributed by atoms with van der Waals surface area (Å²) >= 11 is 0. The molecule has 1 aromatic rings. The van der Waals surface area contributed by atoms with Crippen LogP contribution in [0.5, 0.6) is 0 Å². The molecule has 0 bridgehead atoms. The predicted molar refractivity (Wildman–Crippen MR) is 104 cm³/mol. The van der Waals surface area contributed by atoms with Crippen LogP contribution in [0.15, 0.2) is 24.3 Å². The van der Waals surface area contributed by atoms with Gasteiger partial charge in [-0.05, 0) is 49.5 Å². The van der Waals surface area contributed by atoms with Crippen molar-refractivity contribution in [3.8, 4) is 0 Å². The van der Waals surface area contributed by atoms with Crippen LogP contribution in [0.3, 0.4) is 0 Å². The van der Waals surface area contributed by atoms with Crippen molar-refractivity contribution in [3.05, 3.63) is 35.4 Å². The van der Waals surface area contributed by atoms with Crippen LogP contribution in [0.1, 0.15) is 55.5 Å². The van der Waals surface area contributed by atoms with Gasteiger partial charge in [0.2, 0.25) is 5.91 Å². The number of amides is 3. The molecule has 26 heavy (non-hydrogen) atoms. The minimum absolute atomic E-state index is 0.185. The third kappa shape index (κ3) is 6.33. The zero-order valence-corrected chi connectivity index (χ0v) is 16.0. The third-order valence-electron chi connectivity index (χ3n) is 5.02. The van der Waals surface area contributed by atoms with Crippen LogP contribution in [0.2, 0.25) is 0 Å². The van der Waals surface area contributed by atoms with E-state index in [0.717, 1.165) is 18.7 Å². The maximum absolute atomic E-state index is 12.2. The molecule has 6 nitrogen and oxygen atoms in total. The molecule has 3 amide bonds. The van der Waals surface area contributed by atoms with Crippen molar-refractivity contribution in [1.82, 2.24) is 15.5 Å². The fourth-order valence-corrected chi connectivity index (χ4v) is 3.49. The Kier molecular flexibility index (Phi) is 7.91. The van der Waals surface area contributed by atoms with Gasteiger partial charge in [-0.15, -0.1) is 0 Å². The summed E-state index contributed by atoms with van der Waals surface area (Å²) in [7, 11) is 0. The summed E-state index contributed by atoms with van der Waals surface area (Å²) in [6.45, 7) is 7.67. The van der Waals surface area contributed by atoms with Gasteiger partial charge in [0.15, 0.2) is 0 Å². The van der Waals surface area contributed by atoms with Crippen LogP contribution < -0.4 is 16.4 Å². The highest BCUT2D eigenvalue weighted by Crippen LogP contribution is 2.17. The summed E-state index contributed by atoms with van der Waals surface area (Å²) in [5.74, 6) is 0.0224. The number of carbonyl (C=O) groups is 2. The van der Waals surface area contributed by atoms with E-state index in [1.165, 1.54) is 25.7 Å². The Labute approximate surface area is 156 Å². The summed E-state index contributed by atoms with van der Waals surface area (Å²) in [5, 5.41) is 5.86. The van der Waals surface area contributed by atoms with Crippen molar-refractivity contribution in [3.63, 3.8) is 0 Å². The molecule has 1 unspecified atom stereocenters. The second-order valence-corrected chi connectivity index (χ2v) is 7.39. The Morgan fingerprint density at radius 2 is 1.81 bits per heavy atom. The molecule has 0 spiro atoms. The van der Waals surface area contributed by atoms with Gasteiger partial charge < -0.3 is 16.4 Å². The molecule has 0 aliphatic carbocycles. The second kappa shape index (κ2) is 10.2. The standard InChI is InChI=1S/C20H32N4O2/c1-15(2)18(24-10-5-3-4-6-11-24)14-23-20(26)22-13-16-8-7-9-17(12-16)19(21)25/h7-9,12,15,18H,3-6,10-11,13-14H2,1-2H3,(H2,21,25)(H2,22,23,26). The summed E-state index contributed by atoms with van der Waals surface area (Å²) in [6.07, 6.45) is 5.09. The van der Waals surface area contributed by atoms with Crippen molar-refractivity contribution in [2.75, 3.05) is 19.6 Å². The molecule has 1 atom stereocenters. The molecule has 0 saturated carbocycles. The number of primary amides is 1. The maximum atomic E-state index is 12.2. The summed E-state index contributed by atoms with van der Waals surface area (Å²) < 4.78 is 0. The molecule has 1 aromatic carbocycles. The van der Waals surface area contributed by atoms with Gasteiger partial charge in [-0.1, -0.05) is 38.8 Å². The highest BCUT2D eigenvalue weighted by Gasteiger charge is 2.23. The Morgan fingerprint density at radius 1 is 1.12 bits per heavy atom. The minimum atomic E-state index is -0.464. The van der Waals surface area contributed by atoms with Crippen LogP contribution >= 0.6 is 0 Å². The first-order valence-corrected chi connectivity index (χ1v) is 9.62. The van der Waals surface area contributed by atoms with Gasteiger partial charge >= 0.3 is 6.03 Å². The average molecular weight is 361 g/mol. The molecule has 144 valence electrons. The first-order valence-electron chi connectivity index (χ1n) is 9.62. The molecule has 1 heterocycles. The van der Waals surface area contributed by atoms with E-state index in [2.05, 4.69) is 29.4 Å². The van der Waals surface area contributed by atoms with E-state index >= 15 is 0 Å². The SMILES string of the molecule is CC(C)C(CNC(=O)NCc1cccc(C(N)=O)c1)N1CCCCCC1. The molecular weight excluding hydrogens is 328 g/mol. The van der Waals surface area contributed by atoms with Crippen molar-refractivity contribution in [2.24, 2.45) is 11.7 Å². The summed E-state index contributed by atoms with van der Waals surface area (Å²) in [5.41, 5.74) is 6.59. The monoisotopic (exact) mass is 360 g/mol. The lowest BCUT2D eigenvalue weighted by atomic mass is 10.0. The number of benzene rings is 1. The third-order valence-corrected chi connectivity index (χ3v) is 5.02. The smallest absolute Gasteiger partial charge is 0.315 e. The van der Waals surface area contributed by atoms with Crippen molar-refractivity contribution in [1.29, 1.82) is 0 Å². The van der Waals surface area contributed by atoms with Crippen molar-refractivity contribution < 1.29 is 9.59 Å². The Hall–Kier alpha value is -2.08. The number of urea groups is 1. The lowest BCUT2D eigenvalue weighted by Gasteiger charge is -2.33. The van der Waals surface area contributed by atoms with Crippen LogP contribution in [0.4, 0.5) is 4.79 Å². The molecule has 1 fully saturated rings. The van der Waals surface area contributed by atoms with E-state index in [4.69, 9.17) is 5.73 Å². The van der Waals surface area contributed by atoms with Gasteiger partial charge in [0.1, 0.15) is 0 Å². The van der Waals surface area contributed by atoms with E-state index in [-0.39, 0.29) is 6.03 Å². The Balaban J connectivity index is 1.82. The largest absolute Gasteiger partial charge is 0.366 e. The van der Waals surface area contributed by atoms with Gasteiger partial charge in [-0.3, -0.25) is 9.69 Å². The fraction of sp³-hybridized carbons (Fsp3) is 0.600. The van der Waals surface area contributed by atoms with Crippen molar-refractivity contribution in [2.45, 2.75) is 52.1 Å². The molecule has 1 aliphatic rings. The molecule has 2 rings (SSSR count). The van der Waals surface area contributed by atoms with E-state index in [1.54, 1.807) is 18.2 Å². The zero-order chi connectivity index (χ0) is 18.9. The molecular formula is C20H32N4O2. The molecule has 1 aliphatic heterocycles. The van der Waals surface area contributed by atoms with Crippen LogP contribution in [-0.4, -0.2) is 42.5 Å². The van der Waals surface area contributed by atoms with Gasteiger partial charge in [-0.25, -0.2) is 4.79 Å². The fourth-order valence-electron chi connectivity index (χ4n) is 3.49. The Morgan fingerprint density at radius 3 is 2.42 bits per heavy atom. The quantitative estimate of drug-likeness (QED) is 0.698. The highest BCUT2D eigenvalue weighted by atomic mass is 16.2. The summed E-state index contributed by atoms with van der Waals surface area (Å²) in [4.78, 5) is 25.9. The van der Waals surface area contributed by atoms with Crippen molar-refractivity contribution >= 4 is 11.9 Å². The minimum Gasteiger partial charge on any atom is -0.366 e. The average Bonchev–Trinajstić information content (AvgIpc) is 2.89. The van der Waals surface area contributed by atoms with E-state index < -0.39 is 5.91 Å². The number of nitrogens with one attached hydrogen (secondary N) is 2. The number of hydrogen-bond donors (Lipinski definition) is 3. The first kappa shape index (κ1) is 20.2. The normalized spacial score (nSPS) is 16.7. The number of rotatable bonds is 7. The first-order chi connectivity index (χ1) is 12.5. The molecule has 1 saturated heterocycles. The van der Waals surface area contributed by atoms with Gasteiger partial charge in [0.25, 0.3) is 0 Å². The summed E-state index contributed by atoms with van der Waals surface area (Å²) in [6, 6.07) is 7.17. The number of hydrogen-bond acceptors (Lipinski definition) is 3. The molecule has 0 aromatic heterocycles. The number of nitrogens with two attached hydrogens (primary N) is 1. The lowest BCUT2D eigenvalue weighted by Crippen LogP contribution is -2.49. The van der Waals surface area contributed by atoms with E-state index in [1.807, 2.05) is 6.07 Å². The lowest BCUT2D eigenvalue weighted by molar-refractivity contribution is 0.1000. The van der Waals surface area contributed by atoms with Crippen LogP contribution in [-0.2, 0) is 6.54 Å². The maximum Gasteiger partial charge on any atom is 0.315 e. The zero-order valence-electron chi connectivity index (χ0n) is 16.0. The van der Waals surface area contributed by atoms with Crippen LogP contribution in [0.25, 0.3) is 0 Å². The number of carbonyl (C=O) groups excluding carboxylic acids is 2.